The molecule has 51 heavy (non-hydrogen) atoms. The predicted octanol–water partition coefficient (Wildman–Crippen LogP) is 10.2. The van der Waals surface area contributed by atoms with Crippen LogP contribution in [0.2, 0.25) is 36.3 Å². The van der Waals surface area contributed by atoms with Gasteiger partial charge < -0.3 is 28.4 Å². The summed E-state index contributed by atoms with van der Waals surface area (Å²) in [5, 5.41) is -1.10. The molecule has 8 nitrogen and oxygen atoms in total. The van der Waals surface area contributed by atoms with Crippen LogP contribution in [-0.2, 0) is 28.4 Å². The van der Waals surface area contributed by atoms with Crippen molar-refractivity contribution in [1.82, 2.24) is 0 Å². The largest absolute Gasteiger partial charge is 0.511 e. The summed E-state index contributed by atoms with van der Waals surface area (Å²) in [6.07, 6.45) is -15.0. The van der Waals surface area contributed by atoms with E-state index in [0.29, 0.717) is 0 Å². The minimum absolute atomic E-state index is 0.426. The summed E-state index contributed by atoms with van der Waals surface area (Å²) >= 11 is 0. The third kappa shape index (κ3) is 9.34. The van der Waals surface area contributed by atoms with Crippen LogP contribution in [0.5, 0.6) is 0 Å². The lowest BCUT2D eigenvalue weighted by Crippen LogP contribution is -2.60. The van der Waals surface area contributed by atoms with Gasteiger partial charge in [0.1, 0.15) is 28.2 Å². The molecule has 23 heteroatoms. The smallest absolute Gasteiger partial charge is 0.427 e. The van der Waals surface area contributed by atoms with Crippen LogP contribution in [0.15, 0.2) is 22.8 Å². The summed E-state index contributed by atoms with van der Waals surface area (Å²) in [4.78, 5) is 21.8. The van der Waals surface area contributed by atoms with Gasteiger partial charge in [-0.1, -0.05) is 67.7 Å². The number of halogens is 13. The molecule has 0 saturated carbocycles. The molecule has 298 valence electrons. The highest BCUT2D eigenvalue weighted by Gasteiger charge is 2.77. The van der Waals surface area contributed by atoms with Crippen LogP contribution in [0.25, 0.3) is 0 Å². The first kappa shape index (κ1) is 46.5. The van der Waals surface area contributed by atoms with Gasteiger partial charge in [-0.2, -0.15) is 43.9 Å². The molecule has 2 unspecified atom stereocenters. The second-order valence-electron chi connectivity index (χ2n) is 14.6. The number of alkyl halides is 10. The number of ether oxygens (including phenoxy) is 6. The molecular formula is C28H39F13O8Si2. The van der Waals surface area contributed by atoms with Gasteiger partial charge in [0.2, 0.25) is 0 Å². The highest BCUT2D eigenvalue weighted by Crippen LogP contribution is 2.50. The third-order valence-electron chi connectivity index (χ3n) is 9.07. The van der Waals surface area contributed by atoms with Crippen molar-refractivity contribution in [3.8, 4) is 0 Å². The van der Waals surface area contributed by atoms with Gasteiger partial charge in [0.25, 0.3) is 0 Å². The number of carbonyl (C=O) groups is 2. The lowest BCUT2D eigenvalue weighted by Gasteiger charge is -2.36. The minimum atomic E-state index is -6.18. The lowest BCUT2D eigenvalue weighted by molar-refractivity contribution is -0.392. The van der Waals surface area contributed by atoms with Gasteiger partial charge >= 0.3 is 48.1 Å². The quantitative estimate of drug-likeness (QED) is 0.123. The number of rotatable bonds is 10. The fourth-order valence-electron chi connectivity index (χ4n) is 3.53. The van der Waals surface area contributed by atoms with Gasteiger partial charge in [-0.25, -0.2) is 22.8 Å². The van der Waals surface area contributed by atoms with E-state index in [2.05, 4.69) is 28.4 Å². The zero-order valence-corrected chi connectivity index (χ0v) is 31.1. The van der Waals surface area contributed by atoms with Crippen LogP contribution >= 0.6 is 0 Å². The Labute approximate surface area is 286 Å². The molecular weight excluding hydrogens is 767 g/mol. The van der Waals surface area contributed by atoms with Crippen molar-refractivity contribution in [1.29, 1.82) is 0 Å². The zero-order chi connectivity index (χ0) is 40.7. The number of hydrogen-bond donors (Lipinski definition) is 0. The Morgan fingerprint density at radius 3 is 1.31 bits per heavy atom. The molecule has 0 spiro atoms. The monoisotopic (exact) mass is 806 g/mol. The van der Waals surface area contributed by atoms with Gasteiger partial charge in [0.05, 0.1) is 12.1 Å². The molecule has 2 aliphatic heterocycles. The topological polar surface area (TPSA) is 89.5 Å². The van der Waals surface area contributed by atoms with E-state index in [1.54, 1.807) is 54.6 Å². The van der Waals surface area contributed by atoms with E-state index in [1.165, 1.54) is 13.1 Å². The molecule has 0 aliphatic carbocycles. The van der Waals surface area contributed by atoms with E-state index in [4.69, 9.17) is 0 Å². The van der Waals surface area contributed by atoms with E-state index < -0.39 is 117 Å². The fraction of sp³-hybridized carbons (Fsp3) is 0.786. The average Bonchev–Trinajstić information content (AvgIpc) is 3.52. The van der Waals surface area contributed by atoms with Crippen LogP contribution in [0.3, 0.4) is 0 Å². The van der Waals surface area contributed by atoms with E-state index in [-0.39, 0.29) is 0 Å². The summed E-state index contributed by atoms with van der Waals surface area (Å²) in [5.74, 6) is -20.5. The maximum Gasteiger partial charge on any atom is 0.511 e. The normalized spacial score (nSPS) is 23.5. The Balaban J connectivity index is 0.000000510. The Hall–Kier alpha value is -2.54. The Morgan fingerprint density at radius 1 is 0.667 bits per heavy atom. The number of hydrogen-bond acceptors (Lipinski definition) is 8. The van der Waals surface area contributed by atoms with Crippen molar-refractivity contribution in [3.05, 3.63) is 22.8 Å². The molecule has 2 rings (SSSR count). The van der Waals surface area contributed by atoms with E-state index in [9.17, 15) is 66.7 Å². The Morgan fingerprint density at radius 2 is 1.02 bits per heavy atom. The first-order chi connectivity index (χ1) is 22.4. The lowest BCUT2D eigenvalue weighted by atomic mass is 10.1. The van der Waals surface area contributed by atoms with Gasteiger partial charge in [0, 0.05) is 0 Å². The summed E-state index contributed by atoms with van der Waals surface area (Å²) in [6, 6.07) is 0. The van der Waals surface area contributed by atoms with Gasteiger partial charge in [0.15, 0.2) is 19.0 Å². The van der Waals surface area contributed by atoms with Crippen LogP contribution in [0.4, 0.5) is 66.7 Å². The first-order valence-electron chi connectivity index (χ1n) is 14.7. The Bertz CT molecular complexity index is 1350. The van der Waals surface area contributed by atoms with Crippen molar-refractivity contribution in [2.24, 2.45) is 0 Å². The first-order valence-corrected chi connectivity index (χ1v) is 20.7. The van der Waals surface area contributed by atoms with Gasteiger partial charge in [-0.3, -0.25) is 0 Å². The number of cyclic esters (lactones) is 4. The van der Waals surface area contributed by atoms with E-state index in [1.807, 2.05) is 0 Å². The molecule has 2 saturated heterocycles. The van der Waals surface area contributed by atoms with Gasteiger partial charge in [-0.15, -0.1) is 0 Å². The van der Waals surface area contributed by atoms with Crippen molar-refractivity contribution in [3.63, 3.8) is 0 Å². The maximum atomic E-state index is 14.4. The minimum Gasteiger partial charge on any atom is -0.427 e. The molecule has 0 radical (unpaired) electrons. The third-order valence-corrected chi connectivity index (χ3v) is 19.3. The summed E-state index contributed by atoms with van der Waals surface area (Å²) < 4.78 is 198. The van der Waals surface area contributed by atoms with E-state index in [0.717, 1.165) is 6.08 Å². The van der Waals surface area contributed by atoms with Crippen LogP contribution in [0, 0.1) is 0 Å². The molecule has 0 amide bonds. The number of carbonyl (C=O) groups excluding carboxylic acids is 2. The maximum absolute atomic E-state index is 14.4. The molecule has 0 aromatic carbocycles. The molecule has 0 aromatic heterocycles. The van der Waals surface area contributed by atoms with Crippen molar-refractivity contribution >= 4 is 28.5 Å². The van der Waals surface area contributed by atoms with Crippen LogP contribution in [-0.4, -0.2) is 90.7 Å². The Kier molecular flexibility index (Phi) is 13.4. The molecule has 2 heterocycles. The zero-order valence-electron chi connectivity index (χ0n) is 29.1. The van der Waals surface area contributed by atoms with E-state index >= 15 is 0 Å². The molecule has 0 N–H and O–H groups in total. The standard InChI is InChI=1S/C14H19F7O4Si.C14H20F6O4Si/c1-11(2,3)26(4,5)9(16)8(15)6-24-12(7-23-10(22)25-12)13(17,18)14(19,20)21;1-11(2,3)25(4,5)9(15)6-7-23-12(8-22-10(21)24-12)13(16,17)14(18,19)20/h6-7H2,1-5H3;6H,7-8H2,1-5H3/b9-8-;9-6+. The molecule has 0 aromatic rings. The van der Waals surface area contributed by atoms with Crippen molar-refractivity contribution in [2.75, 3.05) is 26.4 Å². The SMILES string of the molecule is CC(C)(C)[Si](C)(C)/C(F)=C(\F)COC1(C(F)(F)C(F)(F)F)COC(=O)O1.CC(C)(C)[Si](C)(C)/C(F)=C/COC1(C(F)(F)C(F)(F)F)COC(=O)O1. The molecule has 2 aliphatic rings. The highest BCUT2D eigenvalue weighted by atomic mass is 28.3. The molecule has 2 fully saturated rings. The summed E-state index contributed by atoms with van der Waals surface area (Å²) in [6.45, 7) is 10.9. The average molecular weight is 807 g/mol. The second kappa shape index (κ2) is 14.7. The van der Waals surface area contributed by atoms with Crippen LogP contribution in [0.1, 0.15) is 41.5 Å². The summed E-state index contributed by atoms with van der Waals surface area (Å²) in [5.41, 5.74) is -1.88. The fourth-order valence-corrected chi connectivity index (χ4v) is 6.25. The highest BCUT2D eigenvalue weighted by molar-refractivity contribution is 6.86. The molecule has 0 bridgehead atoms. The van der Waals surface area contributed by atoms with Crippen LogP contribution < -0.4 is 0 Å². The van der Waals surface area contributed by atoms with Crippen molar-refractivity contribution < 1.29 is 95.1 Å². The molecule has 2 atom stereocenters. The summed E-state index contributed by atoms with van der Waals surface area (Å²) in [7, 11) is -5.70. The van der Waals surface area contributed by atoms with Gasteiger partial charge in [-0.05, 0) is 16.2 Å². The second-order valence-corrected chi connectivity index (χ2v) is 25.0. The van der Waals surface area contributed by atoms with Crippen molar-refractivity contribution in [2.45, 2.75) is 114 Å². The predicted molar refractivity (Wildman–Crippen MR) is 157 cm³/mol.